The van der Waals surface area contributed by atoms with Gasteiger partial charge in [0.2, 0.25) is 5.91 Å². The lowest BCUT2D eigenvalue weighted by molar-refractivity contribution is -0.129. The van der Waals surface area contributed by atoms with Crippen molar-refractivity contribution in [1.82, 2.24) is 10.2 Å². The van der Waals surface area contributed by atoms with Gasteiger partial charge in [-0.1, -0.05) is 0 Å². The fourth-order valence-corrected chi connectivity index (χ4v) is 0.647. The number of carbonyl (C=O) groups is 2. The van der Waals surface area contributed by atoms with Crippen LogP contribution in [-0.2, 0) is 9.59 Å². The van der Waals surface area contributed by atoms with Gasteiger partial charge in [0.15, 0.2) is 6.17 Å². The normalized spacial score (nSPS) is 12.7. The van der Waals surface area contributed by atoms with E-state index < -0.39 is 12.1 Å². The van der Waals surface area contributed by atoms with E-state index in [0.29, 0.717) is 0 Å². The molecule has 0 aromatic heterocycles. The van der Waals surface area contributed by atoms with E-state index in [1.165, 1.54) is 11.8 Å². The molecule has 0 aliphatic carbocycles. The second-order valence-electron chi connectivity index (χ2n) is 2.47. The van der Waals surface area contributed by atoms with Gasteiger partial charge in [-0.05, 0) is 14.1 Å². The monoisotopic (exact) mass is 159 g/mol. The maximum atomic E-state index is 10.6. The molecule has 3 N–H and O–H groups in total. The highest BCUT2D eigenvalue weighted by atomic mass is 16.2. The first-order valence-electron chi connectivity index (χ1n) is 3.18. The summed E-state index contributed by atoms with van der Waals surface area (Å²) in [6.07, 6.45) is -0.715. The molecule has 0 aromatic carbocycles. The summed E-state index contributed by atoms with van der Waals surface area (Å²) < 4.78 is 0. The maximum Gasteiger partial charge on any atom is 0.255 e. The van der Waals surface area contributed by atoms with Crippen molar-refractivity contribution in [3.05, 3.63) is 0 Å². The highest BCUT2D eigenvalue weighted by Crippen LogP contribution is 1.85. The van der Waals surface area contributed by atoms with Gasteiger partial charge < -0.3 is 11.1 Å². The zero-order chi connectivity index (χ0) is 9.02. The van der Waals surface area contributed by atoms with Crippen molar-refractivity contribution in [2.75, 3.05) is 14.1 Å². The standard InChI is InChI=1S/C6H13N3O2/c1-4(10)8-6(5(7)11)9(2)3/h6H,1-3H3,(H2,7,11)(H,8,10)/t6-/m1/s1. The fraction of sp³-hybridized carbons (Fsp3) is 0.667. The van der Waals surface area contributed by atoms with E-state index in [-0.39, 0.29) is 5.91 Å². The van der Waals surface area contributed by atoms with Gasteiger partial charge in [0.25, 0.3) is 5.91 Å². The number of nitrogens with one attached hydrogen (secondary N) is 1. The molecule has 5 nitrogen and oxygen atoms in total. The van der Waals surface area contributed by atoms with Crippen molar-refractivity contribution in [1.29, 1.82) is 0 Å². The van der Waals surface area contributed by atoms with Gasteiger partial charge in [-0.3, -0.25) is 14.5 Å². The Balaban J connectivity index is 4.12. The van der Waals surface area contributed by atoms with Crippen LogP contribution in [0.25, 0.3) is 0 Å². The van der Waals surface area contributed by atoms with Crippen LogP contribution in [0.4, 0.5) is 0 Å². The zero-order valence-corrected chi connectivity index (χ0v) is 6.92. The number of primary amides is 1. The molecule has 0 fully saturated rings. The molecule has 0 unspecified atom stereocenters. The molecule has 2 amide bonds. The van der Waals surface area contributed by atoms with E-state index in [2.05, 4.69) is 5.32 Å². The molecule has 1 atom stereocenters. The Kier molecular flexibility index (Phi) is 3.53. The molecule has 11 heavy (non-hydrogen) atoms. The molecule has 0 saturated heterocycles. The molecule has 5 heteroatoms. The minimum absolute atomic E-state index is 0.275. The maximum absolute atomic E-state index is 10.6. The smallest absolute Gasteiger partial charge is 0.255 e. The lowest BCUT2D eigenvalue weighted by Crippen LogP contribution is -2.52. The first kappa shape index (κ1) is 9.90. The minimum Gasteiger partial charge on any atom is -0.367 e. The van der Waals surface area contributed by atoms with Crippen LogP contribution in [0.2, 0.25) is 0 Å². The van der Waals surface area contributed by atoms with Crippen molar-refractivity contribution in [3.63, 3.8) is 0 Å². The average Bonchev–Trinajstić information content (AvgIpc) is 1.81. The molecule has 0 rings (SSSR count). The van der Waals surface area contributed by atoms with Gasteiger partial charge in [0.05, 0.1) is 0 Å². The number of carbonyl (C=O) groups excluding carboxylic acids is 2. The predicted molar refractivity (Wildman–Crippen MR) is 40.5 cm³/mol. The summed E-state index contributed by atoms with van der Waals surface area (Å²) in [6, 6.07) is 0. The number of amides is 2. The van der Waals surface area contributed by atoms with Crippen molar-refractivity contribution >= 4 is 11.8 Å². The summed E-state index contributed by atoms with van der Waals surface area (Å²) in [5, 5.41) is 2.39. The van der Waals surface area contributed by atoms with Gasteiger partial charge in [0, 0.05) is 6.92 Å². The first-order valence-corrected chi connectivity index (χ1v) is 3.18. The van der Waals surface area contributed by atoms with Gasteiger partial charge in [0.1, 0.15) is 0 Å². The minimum atomic E-state index is -0.715. The van der Waals surface area contributed by atoms with Crippen LogP contribution in [0.1, 0.15) is 6.92 Å². The molecule has 0 heterocycles. The van der Waals surface area contributed by atoms with Crippen LogP contribution in [0.5, 0.6) is 0 Å². The molecule has 0 saturated carbocycles. The van der Waals surface area contributed by atoms with Crippen LogP contribution in [0.3, 0.4) is 0 Å². The van der Waals surface area contributed by atoms with Gasteiger partial charge in [-0.25, -0.2) is 0 Å². The SMILES string of the molecule is CC(=O)N[C@@H](C(N)=O)N(C)C. The van der Waals surface area contributed by atoms with Crippen molar-refractivity contribution in [2.24, 2.45) is 5.73 Å². The lowest BCUT2D eigenvalue weighted by atomic mass is 10.4. The number of hydrogen-bond acceptors (Lipinski definition) is 3. The van der Waals surface area contributed by atoms with Gasteiger partial charge in [-0.2, -0.15) is 0 Å². The Hall–Kier alpha value is -1.10. The van der Waals surface area contributed by atoms with Crippen LogP contribution in [-0.4, -0.2) is 37.0 Å². The first-order chi connectivity index (χ1) is 4.95. The Bertz CT molecular complexity index is 167. The number of nitrogens with zero attached hydrogens (tertiary/aromatic N) is 1. The lowest BCUT2D eigenvalue weighted by Gasteiger charge is -2.20. The third-order valence-corrected chi connectivity index (χ3v) is 1.13. The largest absolute Gasteiger partial charge is 0.367 e. The van der Waals surface area contributed by atoms with E-state index in [1.54, 1.807) is 14.1 Å². The van der Waals surface area contributed by atoms with Gasteiger partial charge >= 0.3 is 0 Å². The quantitative estimate of drug-likeness (QED) is 0.492. The Morgan fingerprint density at radius 2 is 1.91 bits per heavy atom. The third-order valence-electron chi connectivity index (χ3n) is 1.13. The predicted octanol–water partition coefficient (Wildman–Crippen LogP) is -1.50. The van der Waals surface area contributed by atoms with Crippen LogP contribution < -0.4 is 11.1 Å². The Morgan fingerprint density at radius 3 is 2.00 bits per heavy atom. The summed E-state index contributed by atoms with van der Waals surface area (Å²) in [5.74, 6) is -0.840. The number of rotatable bonds is 3. The van der Waals surface area contributed by atoms with E-state index >= 15 is 0 Å². The summed E-state index contributed by atoms with van der Waals surface area (Å²) >= 11 is 0. The summed E-state index contributed by atoms with van der Waals surface area (Å²) in [7, 11) is 3.32. The van der Waals surface area contributed by atoms with Crippen molar-refractivity contribution < 1.29 is 9.59 Å². The Morgan fingerprint density at radius 1 is 1.45 bits per heavy atom. The molecule has 0 aliphatic rings. The number of hydrogen-bond donors (Lipinski definition) is 2. The highest BCUT2D eigenvalue weighted by Gasteiger charge is 2.17. The molecular weight excluding hydrogens is 146 g/mol. The zero-order valence-electron chi connectivity index (χ0n) is 6.92. The van der Waals surface area contributed by atoms with E-state index in [4.69, 9.17) is 5.73 Å². The average molecular weight is 159 g/mol. The molecule has 64 valence electrons. The van der Waals surface area contributed by atoms with Crippen LogP contribution in [0.15, 0.2) is 0 Å². The van der Waals surface area contributed by atoms with Crippen LogP contribution in [0, 0.1) is 0 Å². The van der Waals surface area contributed by atoms with Gasteiger partial charge in [-0.15, -0.1) is 0 Å². The van der Waals surface area contributed by atoms with E-state index in [9.17, 15) is 9.59 Å². The van der Waals surface area contributed by atoms with E-state index in [0.717, 1.165) is 0 Å². The highest BCUT2D eigenvalue weighted by molar-refractivity contribution is 5.85. The topological polar surface area (TPSA) is 75.4 Å². The second-order valence-corrected chi connectivity index (χ2v) is 2.47. The summed E-state index contributed by atoms with van der Waals surface area (Å²) in [5.41, 5.74) is 4.99. The fourth-order valence-electron chi connectivity index (χ4n) is 0.647. The molecule has 0 radical (unpaired) electrons. The number of likely N-dealkylation sites (N-methyl/N-ethyl adjacent to an activating group) is 1. The van der Waals surface area contributed by atoms with Crippen molar-refractivity contribution in [3.8, 4) is 0 Å². The van der Waals surface area contributed by atoms with Crippen LogP contribution >= 0.6 is 0 Å². The second kappa shape index (κ2) is 3.92. The Labute approximate surface area is 65.5 Å². The third kappa shape index (κ3) is 3.57. The number of nitrogens with two attached hydrogens (primary N) is 1. The summed E-state index contributed by atoms with van der Waals surface area (Å²) in [4.78, 5) is 22.7. The molecular formula is C6H13N3O2. The molecule has 0 aliphatic heterocycles. The molecule has 0 bridgehead atoms. The van der Waals surface area contributed by atoms with Crippen molar-refractivity contribution in [2.45, 2.75) is 13.1 Å². The summed E-state index contributed by atoms with van der Waals surface area (Å²) in [6.45, 7) is 1.33. The molecule has 0 aromatic rings. The molecule has 0 spiro atoms. The van der Waals surface area contributed by atoms with E-state index in [1.807, 2.05) is 0 Å².